The Labute approximate surface area is 88.1 Å². The molecule has 0 spiro atoms. The van der Waals surface area contributed by atoms with Crippen LogP contribution in [0.25, 0.3) is 11.3 Å². The first-order valence-corrected chi connectivity index (χ1v) is 4.66. The summed E-state index contributed by atoms with van der Waals surface area (Å²) in [4.78, 5) is 0. The van der Waals surface area contributed by atoms with Crippen molar-refractivity contribution in [2.45, 2.75) is 6.92 Å². The largest absolute Gasteiger partial charge is 0.495 e. The Morgan fingerprint density at radius 1 is 1.33 bits per heavy atom. The Bertz CT molecular complexity index is 476. The van der Waals surface area contributed by atoms with Crippen molar-refractivity contribution in [3.05, 3.63) is 30.0 Å². The molecule has 0 aliphatic carbocycles. The second-order valence-corrected chi connectivity index (χ2v) is 3.39. The standard InChI is InChI=1S/C11H13N3O/c1-7-5-10(14-13-7)8-3-4-11(15-2)9(12)6-8/h3-6H,12H2,1-2H3,(H,13,14). The van der Waals surface area contributed by atoms with Gasteiger partial charge in [0.15, 0.2) is 0 Å². The van der Waals surface area contributed by atoms with Crippen molar-refractivity contribution in [2.24, 2.45) is 0 Å². The van der Waals surface area contributed by atoms with Gasteiger partial charge >= 0.3 is 0 Å². The zero-order valence-corrected chi connectivity index (χ0v) is 8.74. The molecule has 1 aromatic heterocycles. The number of hydrogen-bond donors (Lipinski definition) is 2. The van der Waals surface area contributed by atoms with Gasteiger partial charge in [-0.25, -0.2) is 0 Å². The predicted octanol–water partition coefficient (Wildman–Crippen LogP) is 1.98. The first-order valence-electron chi connectivity index (χ1n) is 4.66. The van der Waals surface area contributed by atoms with Crippen LogP contribution < -0.4 is 10.5 Å². The minimum atomic E-state index is 0.621. The van der Waals surface area contributed by atoms with Crippen molar-refractivity contribution >= 4 is 5.69 Å². The van der Waals surface area contributed by atoms with Crippen LogP contribution >= 0.6 is 0 Å². The third kappa shape index (κ3) is 1.79. The van der Waals surface area contributed by atoms with E-state index in [1.165, 1.54) is 0 Å². The Morgan fingerprint density at radius 2 is 2.13 bits per heavy atom. The van der Waals surface area contributed by atoms with Crippen LogP contribution in [0.5, 0.6) is 5.75 Å². The number of hydrogen-bond acceptors (Lipinski definition) is 3. The van der Waals surface area contributed by atoms with Crippen LogP contribution in [-0.2, 0) is 0 Å². The van der Waals surface area contributed by atoms with Gasteiger partial charge in [0.05, 0.1) is 18.5 Å². The molecule has 4 nitrogen and oxygen atoms in total. The van der Waals surface area contributed by atoms with E-state index in [0.29, 0.717) is 11.4 Å². The van der Waals surface area contributed by atoms with Crippen LogP contribution in [0.3, 0.4) is 0 Å². The lowest BCUT2D eigenvalue weighted by atomic mass is 10.1. The van der Waals surface area contributed by atoms with Crippen LogP contribution in [0.1, 0.15) is 5.69 Å². The van der Waals surface area contributed by atoms with Gasteiger partial charge in [-0.15, -0.1) is 0 Å². The monoisotopic (exact) mass is 203 g/mol. The number of nitrogens with two attached hydrogens (primary N) is 1. The molecule has 0 amide bonds. The molecular formula is C11H13N3O. The van der Waals surface area contributed by atoms with Gasteiger partial charge in [0, 0.05) is 11.3 Å². The molecule has 0 aliphatic heterocycles. The van der Waals surface area contributed by atoms with Gasteiger partial charge in [0.1, 0.15) is 5.75 Å². The Morgan fingerprint density at radius 3 is 2.67 bits per heavy atom. The summed E-state index contributed by atoms with van der Waals surface area (Å²) in [5.74, 6) is 0.686. The summed E-state index contributed by atoms with van der Waals surface area (Å²) < 4.78 is 5.09. The number of nitrogens with one attached hydrogen (secondary N) is 1. The number of rotatable bonds is 2. The maximum absolute atomic E-state index is 5.81. The number of nitrogens with zero attached hydrogens (tertiary/aromatic N) is 1. The number of ether oxygens (including phenoxy) is 1. The highest BCUT2D eigenvalue weighted by molar-refractivity contribution is 5.68. The van der Waals surface area contributed by atoms with Crippen LogP contribution in [-0.4, -0.2) is 17.3 Å². The fourth-order valence-corrected chi connectivity index (χ4v) is 1.46. The smallest absolute Gasteiger partial charge is 0.141 e. The third-order valence-electron chi connectivity index (χ3n) is 2.23. The van der Waals surface area contributed by atoms with E-state index < -0.39 is 0 Å². The van der Waals surface area contributed by atoms with Crippen LogP contribution in [0.4, 0.5) is 5.69 Å². The quantitative estimate of drug-likeness (QED) is 0.733. The molecule has 4 heteroatoms. The maximum atomic E-state index is 5.81. The lowest BCUT2D eigenvalue weighted by Crippen LogP contribution is -1.92. The molecule has 0 aliphatic rings. The average molecular weight is 203 g/mol. The highest BCUT2D eigenvalue weighted by Crippen LogP contribution is 2.27. The van der Waals surface area contributed by atoms with Gasteiger partial charge < -0.3 is 10.5 Å². The Hall–Kier alpha value is -1.97. The van der Waals surface area contributed by atoms with Crippen molar-refractivity contribution < 1.29 is 4.74 Å². The number of aromatic nitrogens is 2. The number of nitrogen functional groups attached to an aromatic ring is 1. The van der Waals surface area contributed by atoms with Gasteiger partial charge in [0.2, 0.25) is 0 Å². The van der Waals surface area contributed by atoms with E-state index in [1.807, 2.05) is 31.2 Å². The molecule has 0 fully saturated rings. The predicted molar refractivity (Wildman–Crippen MR) is 59.7 cm³/mol. The second-order valence-electron chi connectivity index (χ2n) is 3.39. The van der Waals surface area contributed by atoms with E-state index in [1.54, 1.807) is 7.11 Å². The molecule has 1 aromatic carbocycles. The maximum Gasteiger partial charge on any atom is 0.141 e. The minimum Gasteiger partial charge on any atom is -0.495 e. The van der Waals surface area contributed by atoms with Gasteiger partial charge in [-0.1, -0.05) is 0 Å². The number of aromatic amines is 1. The summed E-state index contributed by atoms with van der Waals surface area (Å²) in [5, 5.41) is 7.05. The number of anilines is 1. The van der Waals surface area contributed by atoms with Crippen LogP contribution in [0, 0.1) is 6.92 Å². The lowest BCUT2D eigenvalue weighted by Gasteiger charge is -2.05. The van der Waals surface area contributed by atoms with E-state index in [2.05, 4.69) is 10.2 Å². The lowest BCUT2D eigenvalue weighted by molar-refractivity contribution is 0.417. The molecular weight excluding hydrogens is 190 g/mol. The van der Waals surface area contributed by atoms with E-state index in [9.17, 15) is 0 Å². The topological polar surface area (TPSA) is 63.9 Å². The third-order valence-corrected chi connectivity index (χ3v) is 2.23. The molecule has 0 bridgehead atoms. The van der Waals surface area contributed by atoms with E-state index in [4.69, 9.17) is 10.5 Å². The van der Waals surface area contributed by atoms with Gasteiger partial charge in [-0.3, -0.25) is 5.10 Å². The molecule has 0 radical (unpaired) electrons. The second kappa shape index (κ2) is 3.65. The normalized spacial score (nSPS) is 10.3. The molecule has 0 atom stereocenters. The summed E-state index contributed by atoms with van der Waals surface area (Å²) in [7, 11) is 1.60. The fraction of sp³-hybridized carbons (Fsp3) is 0.182. The fourth-order valence-electron chi connectivity index (χ4n) is 1.46. The molecule has 2 aromatic rings. The molecule has 0 saturated carbocycles. The van der Waals surface area contributed by atoms with Gasteiger partial charge in [0.25, 0.3) is 0 Å². The van der Waals surface area contributed by atoms with E-state index in [-0.39, 0.29) is 0 Å². The Balaban J connectivity index is 2.42. The first kappa shape index (κ1) is 9.58. The number of H-pyrrole nitrogens is 1. The number of methoxy groups -OCH3 is 1. The molecule has 3 N–H and O–H groups in total. The molecule has 78 valence electrons. The van der Waals surface area contributed by atoms with Gasteiger partial charge in [-0.05, 0) is 31.2 Å². The van der Waals surface area contributed by atoms with E-state index in [0.717, 1.165) is 17.0 Å². The minimum absolute atomic E-state index is 0.621. The zero-order valence-electron chi connectivity index (χ0n) is 8.74. The number of aryl methyl sites for hydroxylation is 1. The van der Waals surface area contributed by atoms with Crippen LogP contribution in [0.15, 0.2) is 24.3 Å². The van der Waals surface area contributed by atoms with Crippen molar-refractivity contribution in [1.29, 1.82) is 0 Å². The SMILES string of the molecule is COc1ccc(-c2cc(C)[nH]n2)cc1N. The summed E-state index contributed by atoms with van der Waals surface area (Å²) in [6, 6.07) is 7.61. The zero-order chi connectivity index (χ0) is 10.8. The molecule has 2 rings (SSSR count). The number of benzene rings is 1. The summed E-state index contributed by atoms with van der Waals surface area (Å²) in [5.41, 5.74) is 9.34. The van der Waals surface area contributed by atoms with Crippen molar-refractivity contribution in [3.8, 4) is 17.0 Å². The highest BCUT2D eigenvalue weighted by Gasteiger charge is 2.05. The van der Waals surface area contributed by atoms with Crippen molar-refractivity contribution in [2.75, 3.05) is 12.8 Å². The highest BCUT2D eigenvalue weighted by atomic mass is 16.5. The molecule has 15 heavy (non-hydrogen) atoms. The average Bonchev–Trinajstić information content (AvgIpc) is 2.65. The van der Waals surface area contributed by atoms with Crippen molar-refractivity contribution in [3.63, 3.8) is 0 Å². The first-order chi connectivity index (χ1) is 7.20. The van der Waals surface area contributed by atoms with Crippen molar-refractivity contribution in [1.82, 2.24) is 10.2 Å². The van der Waals surface area contributed by atoms with E-state index >= 15 is 0 Å². The molecule has 0 saturated heterocycles. The van der Waals surface area contributed by atoms with Crippen LogP contribution in [0.2, 0.25) is 0 Å². The summed E-state index contributed by atoms with van der Waals surface area (Å²) in [6.07, 6.45) is 0. The molecule has 1 heterocycles. The Kier molecular flexibility index (Phi) is 2.33. The molecule has 0 unspecified atom stereocenters. The van der Waals surface area contributed by atoms with Gasteiger partial charge in [-0.2, -0.15) is 5.10 Å². The summed E-state index contributed by atoms with van der Waals surface area (Å²) in [6.45, 7) is 1.96. The summed E-state index contributed by atoms with van der Waals surface area (Å²) >= 11 is 0.